The molecule has 1 atom stereocenters. The zero-order valence-electron chi connectivity index (χ0n) is 15.9. The molecule has 158 valence electrons. The number of rotatable bonds is 9. The van der Waals surface area contributed by atoms with Crippen molar-refractivity contribution in [2.45, 2.75) is 17.9 Å². The lowest BCUT2D eigenvalue weighted by molar-refractivity contribution is 0.0913. The molecule has 0 fully saturated rings. The van der Waals surface area contributed by atoms with Gasteiger partial charge in [0.05, 0.1) is 17.6 Å². The van der Waals surface area contributed by atoms with Crippen LogP contribution in [0.5, 0.6) is 0 Å². The number of halogens is 2. The SMILES string of the molecule is COCCNS(=O)(=O)c1ccc(C)c(C(=O)NCC(O)c2ccc(F)cc2F)c1. The van der Waals surface area contributed by atoms with Crippen molar-refractivity contribution in [2.75, 3.05) is 26.8 Å². The molecule has 1 amide bonds. The summed E-state index contributed by atoms with van der Waals surface area (Å²) in [5, 5.41) is 12.5. The zero-order valence-corrected chi connectivity index (χ0v) is 16.7. The van der Waals surface area contributed by atoms with Gasteiger partial charge < -0.3 is 15.2 Å². The maximum Gasteiger partial charge on any atom is 0.251 e. The van der Waals surface area contributed by atoms with Crippen LogP contribution in [-0.4, -0.2) is 46.2 Å². The van der Waals surface area contributed by atoms with Gasteiger partial charge in [-0.15, -0.1) is 0 Å². The molecule has 29 heavy (non-hydrogen) atoms. The van der Waals surface area contributed by atoms with E-state index in [1.54, 1.807) is 6.92 Å². The Kier molecular flexibility index (Phi) is 7.80. The third-order valence-corrected chi connectivity index (χ3v) is 5.60. The van der Waals surface area contributed by atoms with Gasteiger partial charge in [-0.3, -0.25) is 4.79 Å². The van der Waals surface area contributed by atoms with E-state index in [4.69, 9.17) is 4.74 Å². The maximum absolute atomic E-state index is 13.7. The van der Waals surface area contributed by atoms with E-state index in [0.29, 0.717) is 11.6 Å². The molecule has 0 spiro atoms. The number of ether oxygens (including phenoxy) is 1. The van der Waals surface area contributed by atoms with Gasteiger partial charge in [-0.25, -0.2) is 21.9 Å². The van der Waals surface area contributed by atoms with Crippen molar-refractivity contribution >= 4 is 15.9 Å². The predicted molar refractivity (Wildman–Crippen MR) is 102 cm³/mol. The minimum Gasteiger partial charge on any atom is -0.386 e. The van der Waals surface area contributed by atoms with Gasteiger partial charge >= 0.3 is 0 Å². The molecule has 0 aliphatic rings. The Balaban J connectivity index is 2.12. The highest BCUT2D eigenvalue weighted by Gasteiger charge is 2.19. The number of hydrogen-bond acceptors (Lipinski definition) is 5. The summed E-state index contributed by atoms with van der Waals surface area (Å²) >= 11 is 0. The Labute approximate surface area is 167 Å². The van der Waals surface area contributed by atoms with E-state index in [-0.39, 0.29) is 35.7 Å². The fourth-order valence-corrected chi connectivity index (χ4v) is 3.58. The van der Waals surface area contributed by atoms with E-state index in [1.807, 2.05) is 0 Å². The van der Waals surface area contributed by atoms with Crippen molar-refractivity contribution in [1.29, 1.82) is 0 Å². The molecule has 2 rings (SSSR count). The van der Waals surface area contributed by atoms with Crippen LogP contribution in [0.3, 0.4) is 0 Å². The molecule has 0 aliphatic heterocycles. The second-order valence-corrected chi connectivity index (χ2v) is 8.03. The summed E-state index contributed by atoms with van der Waals surface area (Å²) in [6.45, 7) is 1.55. The number of aryl methyl sites for hydroxylation is 1. The van der Waals surface area contributed by atoms with Crippen LogP contribution >= 0.6 is 0 Å². The van der Waals surface area contributed by atoms with Crippen molar-refractivity contribution in [1.82, 2.24) is 10.0 Å². The first-order valence-corrected chi connectivity index (χ1v) is 10.1. The highest BCUT2D eigenvalue weighted by molar-refractivity contribution is 7.89. The summed E-state index contributed by atoms with van der Waals surface area (Å²) in [5.41, 5.74) is 0.439. The topological polar surface area (TPSA) is 105 Å². The van der Waals surface area contributed by atoms with Crippen molar-refractivity contribution in [3.05, 3.63) is 64.7 Å². The Hall–Kier alpha value is -2.40. The zero-order chi connectivity index (χ0) is 21.6. The minimum atomic E-state index is -3.83. The number of amides is 1. The monoisotopic (exact) mass is 428 g/mol. The van der Waals surface area contributed by atoms with Crippen LogP contribution in [0.25, 0.3) is 0 Å². The second-order valence-electron chi connectivity index (χ2n) is 6.26. The third kappa shape index (κ3) is 6.04. The van der Waals surface area contributed by atoms with E-state index in [1.165, 1.54) is 25.3 Å². The summed E-state index contributed by atoms with van der Waals surface area (Å²) < 4.78 is 58.4. The highest BCUT2D eigenvalue weighted by atomic mass is 32.2. The summed E-state index contributed by atoms with van der Waals surface area (Å²) in [5.74, 6) is -2.36. The van der Waals surface area contributed by atoms with Crippen molar-refractivity contribution in [2.24, 2.45) is 0 Å². The van der Waals surface area contributed by atoms with Crippen molar-refractivity contribution < 1.29 is 31.8 Å². The number of methoxy groups -OCH3 is 1. The average molecular weight is 428 g/mol. The number of nitrogens with one attached hydrogen (secondary N) is 2. The lowest BCUT2D eigenvalue weighted by Crippen LogP contribution is -2.30. The Morgan fingerprint density at radius 3 is 2.59 bits per heavy atom. The fraction of sp³-hybridized carbons (Fsp3) is 0.316. The molecule has 0 aliphatic carbocycles. The Bertz CT molecular complexity index is 983. The first kappa shape index (κ1) is 22.9. The van der Waals surface area contributed by atoms with Crippen LogP contribution in [0.2, 0.25) is 0 Å². The smallest absolute Gasteiger partial charge is 0.251 e. The Morgan fingerprint density at radius 1 is 1.21 bits per heavy atom. The number of sulfonamides is 1. The van der Waals surface area contributed by atoms with E-state index < -0.39 is 33.7 Å². The number of benzene rings is 2. The molecule has 7 nitrogen and oxygen atoms in total. The summed E-state index contributed by atoms with van der Waals surface area (Å²) in [7, 11) is -2.39. The number of aliphatic hydroxyl groups excluding tert-OH is 1. The lowest BCUT2D eigenvalue weighted by Gasteiger charge is -2.15. The third-order valence-electron chi connectivity index (χ3n) is 4.14. The molecule has 2 aromatic carbocycles. The number of hydrogen-bond donors (Lipinski definition) is 3. The van der Waals surface area contributed by atoms with E-state index in [0.717, 1.165) is 12.1 Å². The molecule has 0 saturated heterocycles. The normalized spacial score (nSPS) is 12.6. The van der Waals surface area contributed by atoms with Gasteiger partial charge in [-0.05, 0) is 30.7 Å². The maximum atomic E-state index is 13.7. The first-order valence-electron chi connectivity index (χ1n) is 8.66. The van der Waals surface area contributed by atoms with E-state index >= 15 is 0 Å². The van der Waals surface area contributed by atoms with Crippen LogP contribution < -0.4 is 10.0 Å². The standard InChI is InChI=1S/C19H22F2N2O5S/c1-12-3-5-14(29(26,27)23-7-8-28-2)10-16(12)19(25)22-11-18(24)15-6-4-13(20)9-17(15)21/h3-6,9-10,18,23-24H,7-8,11H2,1-2H3,(H,22,25). The summed E-state index contributed by atoms with van der Waals surface area (Å²) in [6.07, 6.45) is -1.40. The molecule has 0 bridgehead atoms. The lowest BCUT2D eigenvalue weighted by atomic mass is 10.1. The number of carbonyl (C=O) groups is 1. The van der Waals surface area contributed by atoms with Gasteiger partial charge in [0.15, 0.2) is 0 Å². The molecular formula is C19H22F2N2O5S. The van der Waals surface area contributed by atoms with Gasteiger partial charge in [0.25, 0.3) is 5.91 Å². The molecule has 0 radical (unpaired) electrons. The molecule has 0 aromatic heterocycles. The van der Waals surface area contributed by atoms with Gasteiger partial charge in [0.2, 0.25) is 10.0 Å². The van der Waals surface area contributed by atoms with Crippen LogP contribution in [0.15, 0.2) is 41.3 Å². The van der Waals surface area contributed by atoms with Gasteiger partial charge in [-0.1, -0.05) is 12.1 Å². The van der Waals surface area contributed by atoms with Crippen molar-refractivity contribution in [3.8, 4) is 0 Å². The largest absolute Gasteiger partial charge is 0.386 e. The molecule has 1 unspecified atom stereocenters. The predicted octanol–water partition coefficient (Wildman–Crippen LogP) is 1.66. The fourth-order valence-electron chi connectivity index (χ4n) is 2.54. The quantitative estimate of drug-likeness (QED) is 0.527. The van der Waals surface area contributed by atoms with Crippen molar-refractivity contribution in [3.63, 3.8) is 0 Å². The van der Waals surface area contributed by atoms with Crippen LogP contribution in [0.4, 0.5) is 8.78 Å². The molecule has 2 aromatic rings. The number of carbonyl (C=O) groups excluding carboxylic acids is 1. The van der Waals surface area contributed by atoms with Gasteiger partial charge in [-0.2, -0.15) is 0 Å². The van der Waals surface area contributed by atoms with E-state index in [9.17, 15) is 27.1 Å². The molecular weight excluding hydrogens is 406 g/mol. The second kappa shape index (κ2) is 9.88. The molecule has 0 heterocycles. The van der Waals surface area contributed by atoms with Crippen LogP contribution in [0, 0.1) is 18.6 Å². The number of aliphatic hydroxyl groups is 1. The molecule has 0 saturated carbocycles. The van der Waals surface area contributed by atoms with Gasteiger partial charge in [0, 0.05) is 37.4 Å². The van der Waals surface area contributed by atoms with Crippen LogP contribution in [-0.2, 0) is 14.8 Å². The van der Waals surface area contributed by atoms with Gasteiger partial charge in [0.1, 0.15) is 11.6 Å². The first-order chi connectivity index (χ1) is 13.7. The molecule has 3 N–H and O–H groups in total. The molecule has 10 heteroatoms. The minimum absolute atomic E-state index is 0.0731. The Morgan fingerprint density at radius 2 is 1.93 bits per heavy atom. The van der Waals surface area contributed by atoms with E-state index in [2.05, 4.69) is 10.0 Å². The average Bonchev–Trinajstić information content (AvgIpc) is 2.66. The summed E-state index contributed by atoms with van der Waals surface area (Å²) in [4.78, 5) is 12.4. The highest BCUT2D eigenvalue weighted by Crippen LogP contribution is 2.19. The van der Waals surface area contributed by atoms with Crippen LogP contribution in [0.1, 0.15) is 27.6 Å². The summed E-state index contributed by atoms with van der Waals surface area (Å²) in [6, 6.07) is 6.78.